The molecule has 0 saturated carbocycles. The lowest BCUT2D eigenvalue weighted by atomic mass is 9.97. The zero-order valence-corrected chi connectivity index (χ0v) is 3.97. The maximum Gasteiger partial charge on any atom is 0.250 e. The summed E-state index contributed by atoms with van der Waals surface area (Å²) in [4.78, 5) is 20.4. The van der Waals surface area contributed by atoms with E-state index in [0.717, 1.165) is 6.08 Å². The van der Waals surface area contributed by atoms with E-state index in [-0.39, 0.29) is 5.47 Å². The van der Waals surface area contributed by atoms with Gasteiger partial charge in [0.1, 0.15) is 7.85 Å². The average Bonchev–Trinajstić information content (AvgIpc) is 1.85. The van der Waals surface area contributed by atoms with Crippen molar-refractivity contribution in [3.05, 3.63) is 11.5 Å². The quantitative estimate of drug-likeness (QED) is 0.308. The molecule has 1 aliphatic rings. The molecule has 3 nitrogen and oxygen atoms in total. The van der Waals surface area contributed by atoms with Crippen LogP contribution >= 0.6 is 0 Å². The van der Waals surface area contributed by atoms with Gasteiger partial charge in [-0.25, -0.2) is 0 Å². The Labute approximate surface area is 47.2 Å². The van der Waals surface area contributed by atoms with Gasteiger partial charge in [0.2, 0.25) is 11.8 Å². The Morgan fingerprint density at radius 1 is 1.50 bits per heavy atom. The first-order valence-electron chi connectivity index (χ1n) is 2.02. The number of hydrogen-bond acceptors (Lipinski definition) is 2. The topological polar surface area (TPSA) is 46.2 Å². The number of amides is 2. The number of carbonyl (C=O) groups is 2. The van der Waals surface area contributed by atoms with Gasteiger partial charge in [0.25, 0.3) is 0 Å². The number of nitrogens with one attached hydrogen (secondary N) is 1. The van der Waals surface area contributed by atoms with Gasteiger partial charge in [-0.15, -0.1) is 0 Å². The van der Waals surface area contributed by atoms with Crippen molar-refractivity contribution >= 4 is 19.7 Å². The van der Waals surface area contributed by atoms with Gasteiger partial charge in [-0.05, 0) is 5.47 Å². The van der Waals surface area contributed by atoms with Gasteiger partial charge in [0, 0.05) is 6.08 Å². The second kappa shape index (κ2) is 1.47. The first-order chi connectivity index (χ1) is 3.70. The summed E-state index contributed by atoms with van der Waals surface area (Å²) in [7, 11) is 5.00. The molecule has 0 saturated heterocycles. The second-order valence-electron chi connectivity index (χ2n) is 1.42. The molecule has 2 amide bonds. The highest BCUT2D eigenvalue weighted by molar-refractivity contribution is 6.42. The van der Waals surface area contributed by atoms with E-state index in [1.165, 1.54) is 0 Å². The zero-order chi connectivity index (χ0) is 6.15. The van der Waals surface area contributed by atoms with Crippen molar-refractivity contribution in [1.29, 1.82) is 0 Å². The van der Waals surface area contributed by atoms with Crippen molar-refractivity contribution in [2.45, 2.75) is 0 Å². The van der Waals surface area contributed by atoms with E-state index in [0.29, 0.717) is 0 Å². The van der Waals surface area contributed by atoms with Crippen LogP contribution in [0, 0.1) is 0 Å². The molecule has 1 rings (SSSR count). The monoisotopic (exact) mass is 107 g/mol. The molecule has 0 aliphatic carbocycles. The van der Waals surface area contributed by atoms with Crippen LogP contribution in [0.1, 0.15) is 0 Å². The molecule has 0 aromatic heterocycles. The van der Waals surface area contributed by atoms with E-state index >= 15 is 0 Å². The van der Waals surface area contributed by atoms with Crippen molar-refractivity contribution in [1.82, 2.24) is 5.32 Å². The van der Waals surface area contributed by atoms with E-state index in [9.17, 15) is 9.59 Å². The summed E-state index contributed by atoms with van der Waals surface area (Å²) in [6.07, 6.45) is 1.06. The Morgan fingerprint density at radius 2 is 2.12 bits per heavy atom. The number of carbonyl (C=O) groups excluding carboxylic acids is 2. The third-order valence-electron chi connectivity index (χ3n) is 0.786. The van der Waals surface area contributed by atoms with E-state index in [4.69, 9.17) is 7.85 Å². The van der Waals surface area contributed by atoms with Crippen LogP contribution in [-0.2, 0) is 9.59 Å². The number of hydrogen-bond donors (Lipinski definition) is 1. The Morgan fingerprint density at radius 3 is 2.25 bits per heavy atom. The van der Waals surface area contributed by atoms with Crippen LogP contribution in [0.2, 0.25) is 0 Å². The molecule has 0 spiro atoms. The Hall–Kier alpha value is -1.06. The molecule has 0 aromatic rings. The molecule has 0 aromatic carbocycles. The second-order valence-corrected chi connectivity index (χ2v) is 1.42. The molecular weight excluding hydrogens is 105 g/mol. The fourth-order valence-corrected chi connectivity index (χ4v) is 0.427. The minimum absolute atomic E-state index is 0.0185. The highest BCUT2D eigenvalue weighted by Gasteiger charge is 2.14. The minimum Gasteiger partial charge on any atom is -0.290 e. The molecule has 4 heteroatoms. The molecule has 1 heterocycles. The van der Waals surface area contributed by atoms with Gasteiger partial charge in [0.15, 0.2) is 0 Å². The third kappa shape index (κ3) is 0.642. The lowest BCUT2D eigenvalue weighted by Gasteiger charge is -1.84. The Balaban J connectivity index is 2.88. The van der Waals surface area contributed by atoms with Crippen molar-refractivity contribution < 1.29 is 9.59 Å². The predicted octanol–water partition coefficient (Wildman–Crippen LogP) is -1.30. The van der Waals surface area contributed by atoms with Crippen LogP contribution in [0.15, 0.2) is 11.5 Å². The lowest BCUT2D eigenvalue weighted by molar-refractivity contribution is -0.123. The average molecular weight is 107 g/mol. The van der Waals surface area contributed by atoms with Crippen molar-refractivity contribution in [3.8, 4) is 0 Å². The summed E-state index contributed by atoms with van der Waals surface area (Å²) in [6, 6.07) is 0. The van der Waals surface area contributed by atoms with Crippen LogP contribution in [-0.4, -0.2) is 19.7 Å². The van der Waals surface area contributed by atoms with Gasteiger partial charge in [-0.1, -0.05) is 0 Å². The molecule has 0 fully saturated rings. The summed E-state index contributed by atoms with van der Waals surface area (Å²) in [5.74, 6) is -0.942. The SMILES string of the molecule is [B]C1=CC(=O)NC1=O. The fourth-order valence-electron chi connectivity index (χ4n) is 0.427. The van der Waals surface area contributed by atoms with E-state index in [2.05, 4.69) is 0 Å². The molecule has 0 atom stereocenters. The minimum atomic E-state index is -0.505. The molecule has 0 unspecified atom stereocenters. The smallest absolute Gasteiger partial charge is 0.250 e. The fraction of sp³-hybridized carbons (Fsp3) is 0. The molecule has 2 radical (unpaired) electrons. The summed E-state index contributed by atoms with van der Waals surface area (Å²) in [5, 5.41) is 1.97. The number of imide groups is 1. The highest BCUT2D eigenvalue weighted by Crippen LogP contribution is 1.93. The normalized spacial score (nSPS) is 18.2. The van der Waals surface area contributed by atoms with Gasteiger partial charge in [0.05, 0.1) is 0 Å². The van der Waals surface area contributed by atoms with Gasteiger partial charge >= 0.3 is 0 Å². The maximum atomic E-state index is 10.3. The first-order valence-corrected chi connectivity index (χ1v) is 2.02. The van der Waals surface area contributed by atoms with Crippen LogP contribution in [0.3, 0.4) is 0 Å². The molecule has 0 bridgehead atoms. The first kappa shape index (κ1) is 5.09. The van der Waals surface area contributed by atoms with Gasteiger partial charge < -0.3 is 0 Å². The van der Waals surface area contributed by atoms with Gasteiger partial charge in [-0.2, -0.15) is 0 Å². The largest absolute Gasteiger partial charge is 0.290 e. The molecule has 8 heavy (non-hydrogen) atoms. The lowest BCUT2D eigenvalue weighted by Crippen LogP contribution is -2.22. The zero-order valence-electron chi connectivity index (χ0n) is 3.97. The summed E-state index contributed by atoms with van der Waals surface area (Å²) in [5.41, 5.74) is -0.0185. The predicted molar refractivity (Wildman–Crippen MR) is 27.0 cm³/mol. The van der Waals surface area contributed by atoms with Gasteiger partial charge in [-0.3, -0.25) is 14.9 Å². The van der Waals surface area contributed by atoms with Crippen LogP contribution in [0.25, 0.3) is 0 Å². The summed E-state index contributed by atoms with van der Waals surface area (Å²) >= 11 is 0. The van der Waals surface area contributed by atoms with Crippen LogP contribution < -0.4 is 5.32 Å². The van der Waals surface area contributed by atoms with E-state index in [1.54, 1.807) is 0 Å². The summed E-state index contributed by atoms with van der Waals surface area (Å²) < 4.78 is 0. The van der Waals surface area contributed by atoms with Crippen LogP contribution in [0.5, 0.6) is 0 Å². The Kier molecular flexibility index (Phi) is 0.935. The van der Waals surface area contributed by atoms with Crippen molar-refractivity contribution in [2.24, 2.45) is 0 Å². The standard InChI is InChI=1S/C4H2BNO2/c5-2-1-3(7)6-4(2)8/h1H,(H,6,7,8). The number of rotatable bonds is 0. The van der Waals surface area contributed by atoms with Crippen molar-refractivity contribution in [2.75, 3.05) is 0 Å². The van der Waals surface area contributed by atoms with Crippen LogP contribution in [0.4, 0.5) is 0 Å². The highest BCUT2D eigenvalue weighted by atomic mass is 16.2. The Bertz CT molecular complexity index is 184. The molecule has 38 valence electrons. The summed E-state index contributed by atoms with van der Waals surface area (Å²) in [6.45, 7) is 0. The molecule has 1 aliphatic heterocycles. The van der Waals surface area contributed by atoms with Crippen molar-refractivity contribution in [3.63, 3.8) is 0 Å². The van der Waals surface area contributed by atoms with E-state index in [1.807, 2.05) is 5.32 Å². The van der Waals surface area contributed by atoms with E-state index < -0.39 is 11.8 Å². The maximum absolute atomic E-state index is 10.3. The molecule has 1 N–H and O–H groups in total. The molecular formula is C4H2BNO2. The third-order valence-corrected chi connectivity index (χ3v) is 0.786.